The van der Waals surface area contributed by atoms with Crippen molar-refractivity contribution in [3.8, 4) is 5.88 Å². The van der Waals surface area contributed by atoms with Gasteiger partial charge in [0, 0.05) is 24.8 Å². The normalized spacial score (nSPS) is 30.8. The molecule has 1 saturated heterocycles. The van der Waals surface area contributed by atoms with Gasteiger partial charge in [-0.1, -0.05) is 19.9 Å². The van der Waals surface area contributed by atoms with Gasteiger partial charge in [-0.15, -0.1) is 0 Å². The van der Waals surface area contributed by atoms with Gasteiger partial charge in [-0.05, 0) is 94.9 Å². The molecular weight excluding hydrogens is 466 g/mol. The van der Waals surface area contributed by atoms with Gasteiger partial charge in [0.1, 0.15) is 5.56 Å². The fourth-order valence-electron chi connectivity index (χ4n) is 7.10. The van der Waals surface area contributed by atoms with Crippen LogP contribution in [0.3, 0.4) is 0 Å². The van der Waals surface area contributed by atoms with E-state index in [2.05, 4.69) is 34.9 Å². The van der Waals surface area contributed by atoms with Crippen LogP contribution in [0.4, 0.5) is 0 Å². The molecule has 4 bridgehead atoms. The lowest BCUT2D eigenvalue weighted by atomic mass is 9.54. The summed E-state index contributed by atoms with van der Waals surface area (Å²) in [6.07, 6.45) is 13.8. The Labute approximate surface area is 221 Å². The van der Waals surface area contributed by atoms with Crippen LogP contribution >= 0.6 is 0 Å². The lowest BCUT2D eigenvalue weighted by molar-refractivity contribution is -0.127. The highest BCUT2D eigenvalue weighted by Crippen LogP contribution is 2.53. The van der Waals surface area contributed by atoms with Gasteiger partial charge >= 0.3 is 0 Å². The van der Waals surface area contributed by atoms with Crippen LogP contribution < -0.4 is 20.7 Å². The van der Waals surface area contributed by atoms with E-state index >= 15 is 0 Å². The van der Waals surface area contributed by atoms with E-state index in [9.17, 15) is 9.59 Å². The van der Waals surface area contributed by atoms with Gasteiger partial charge in [-0.3, -0.25) is 9.59 Å². The Balaban J connectivity index is 1.28. The summed E-state index contributed by atoms with van der Waals surface area (Å²) < 4.78 is 7.72. The maximum atomic E-state index is 13.5. The number of hydrogen-bond donors (Lipinski definition) is 3. The molecule has 1 aromatic rings. The molecular formula is C29H45N5O3. The monoisotopic (exact) mass is 511 g/mol. The minimum absolute atomic E-state index is 0.0332. The minimum Gasteiger partial charge on any atom is -0.477 e. The quantitative estimate of drug-likeness (QED) is 0.444. The van der Waals surface area contributed by atoms with Gasteiger partial charge in [0.15, 0.2) is 0 Å². The van der Waals surface area contributed by atoms with Crippen molar-refractivity contribution in [2.45, 2.75) is 84.7 Å². The zero-order valence-corrected chi connectivity index (χ0v) is 23.0. The van der Waals surface area contributed by atoms with Crippen molar-refractivity contribution in [3.05, 3.63) is 17.8 Å². The number of amides is 2. The molecule has 0 unspecified atom stereocenters. The standard InChI is InChI=1S/C29H45N5O3/c1-18(2)17-37-27-24(26(35)33-25-21-11-19-10-20(13-21)14-22(25)12-19)16-32-34(27)9-7-29(3,4)28(36)31-15-23-6-5-8-30-23/h7,9,16,18-23,25,30H,5-6,8,10-15,17H2,1-4H3,(H,31,36)(H,33,35)/t19?,20?,21?,22?,23-,25?/m1/s1. The number of carbonyl (C=O) groups excluding carboxylic acids is 2. The molecule has 2 amide bonds. The van der Waals surface area contributed by atoms with E-state index in [0.717, 1.165) is 31.2 Å². The summed E-state index contributed by atoms with van der Waals surface area (Å²) in [6, 6.07) is 0.607. The third-order valence-corrected chi connectivity index (χ3v) is 8.96. The average Bonchev–Trinajstić information content (AvgIpc) is 3.51. The zero-order valence-electron chi connectivity index (χ0n) is 23.0. The molecule has 8 heteroatoms. The molecule has 1 atom stereocenters. The van der Waals surface area contributed by atoms with E-state index < -0.39 is 5.41 Å². The third kappa shape index (κ3) is 5.89. The van der Waals surface area contributed by atoms with Crippen molar-refractivity contribution >= 4 is 18.0 Å². The maximum absolute atomic E-state index is 13.5. The van der Waals surface area contributed by atoms with Gasteiger partial charge in [-0.25, -0.2) is 4.68 Å². The Morgan fingerprint density at radius 2 is 1.89 bits per heavy atom. The van der Waals surface area contributed by atoms with Crippen molar-refractivity contribution in [1.29, 1.82) is 0 Å². The molecule has 37 heavy (non-hydrogen) atoms. The predicted octanol–water partition coefficient (Wildman–Crippen LogP) is 3.84. The highest BCUT2D eigenvalue weighted by atomic mass is 16.5. The fraction of sp³-hybridized carbons (Fsp3) is 0.759. The van der Waals surface area contributed by atoms with Gasteiger partial charge in [0.05, 0.1) is 18.2 Å². The largest absolute Gasteiger partial charge is 0.477 e. The van der Waals surface area contributed by atoms with Crippen LogP contribution in [0.5, 0.6) is 5.88 Å². The molecule has 3 N–H and O–H groups in total. The maximum Gasteiger partial charge on any atom is 0.258 e. The predicted molar refractivity (Wildman–Crippen MR) is 144 cm³/mol. The van der Waals surface area contributed by atoms with Crippen molar-refractivity contribution in [1.82, 2.24) is 25.7 Å². The second kappa shape index (κ2) is 10.8. The molecule has 1 aromatic heterocycles. The summed E-state index contributed by atoms with van der Waals surface area (Å²) in [7, 11) is 0. The number of nitrogens with one attached hydrogen (secondary N) is 3. The molecule has 5 fully saturated rings. The first-order chi connectivity index (χ1) is 17.7. The van der Waals surface area contributed by atoms with Gasteiger partial charge in [0.2, 0.25) is 11.8 Å². The fourth-order valence-corrected chi connectivity index (χ4v) is 7.10. The molecule has 4 saturated carbocycles. The van der Waals surface area contributed by atoms with Crippen LogP contribution in [0.15, 0.2) is 12.3 Å². The summed E-state index contributed by atoms with van der Waals surface area (Å²) in [6.45, 7) is 10.1. The van der Waals surface area contributed by atoms with Crippen LogP contribution in [-0.4, -0.2) is 53.4 Å². The molecule has 0 spiro atoms. The lowest BCUT2D eigenvalue weighted by Crippen LogP contribution is -2.55. The molecule has 5 aliphatic rings. The van der Waals surface area contributed by atoms with E-state index in [1.807, 2.05) is 19.9 Å². The van der Waals surface area contributed by atoms with E-state index in [1.165, 1.54) is 32.1 Å². The number of ether oxygens (including phenoxy) is 1. The summed E-state index contributed by atoms with van der Waals surface area (Å²) >= 11 is 0. The van der Waals surface area contributed by atoms with Crippen LogP contribution in [-0.2, 0) is 4.79 Å². The van der Waals surface area contributed by atoms with E-state index in [-0.39, 0.29) is 17.9 Å². The first-order valence-corrected chi connectivity index (χ1v) is 14.4. The van der Waals surface area contributed by atoms with Crippen LogP contribution in [0, 0.1) is 35.0 Å². The van der Waals surface area contributed by atoms with E-state index in [0.29, 0.717) is 48.4 Å². The van der Waals surface area contributed by atoms with Gasteiger partial charge in [0.25, 0.3) is 5.91 Å². The molecule has 8 nitrogen and oxygen atoms in total. The van der Waals surface area contributed by atoms with E-state index in [4.69, 9.17) is 4.74 Å². The summed E-state index contributed by atoms with van der Waals surface area (Å²) in [5, 5.41) is 14.3. The summed E-state index contributed by atoms with van der Waals surface area (Å²) in [5.74, 6) is 3.55. The molecule has 1 aliphatic heterocycles. The van der Waals surface area contributed by atoms with Crippen molar-refractivity contribution in [2.24, 2.45) is 35.0 Å². The SMILES string of the molecule is CC(C)COc1c(C(=O)NC2C3CC4CC(C3)CC2C4)cnn1C=CC(C)(C)C(=O)NC[C@H]1CCCN1. The number of aromatic nitrogens is 2. The zero-order chi connectivity index (χ0) is 26.2. The van der Waals surface area contributed by atoms with Crippen LogP contribution in [0.25, 0.3) is 6.20 Å². The molecule has 204 valence electrons. The topological polar surface area (TPSA) is 97.3 Å². The Hall–Kier alpha value is -2.35. The summed E-state index contributed by atoms with van der Waals surface area (Å²) in [5.41, 5.74) is -0.267. The molecule has 0 radical (unpaired) electrons. The van der Waals surface area contributed by atoms with Crippen LogP contribution in [0.1, 0.15) is 83.0 Å². The third-order valence-electron chi connectivity index (χ3n) is 8.96. The molecule has 6 rings (SSSR count). The number of hydrogen-bond acceptors (Lipinski definition) is 5. The van der Waals surface area contributed by atoms with Crippen LogP contribution in [0.2, 0.25) is 0 Å². The molecule has 2 heterocycles. The number of carbonyl (C=O) groups is 2. The highest BCUT2D eigenvalue weighted by molar-refractivity contribution is 5.96. The van der Waals surface area contributed by atoms with E-state index in [1.54, 1.807) is 17.1 Å². The van der Waals surface area contributed by atoms with Crippen molar-refractivity contribution in [2.75, 3.05) is 19.7 Å². The average molecular weight is 512 g/mol. The second-order valence-electron chi connectivity index (χ2n) is 13.0. The first kappa shape index (κ1) is 26.3. The first-order valence-electron chi connectivity index (χ1n) is 14.4. The smallest absolute Gasteiger partial charge is 0.258 e. The Kier molecular flexibility index (Phi) is 7.66. The minimum atomic E-state index is -0.733. The van der Waals surface area contributed by atoms with Gasteiger partial charge in [-0.2, -0.15) is 5.10 Å². The molecule has 4 aliphatic carbocycles. The Bertz CT molecular complexity index is 979. The van der Waals surface area contributed by atoms with Gasteiger partial charge < -0.3 is 20.7 Å². The molecule has 0 aromatic carbocycles. The lowest BCUT2D eigenvalue weighted by Gasteiger charge is -2.54. The number of nitrogens with zero attached hydrogens (tertiary/aromatic N) is 2. The summed E-state index contributed by atoms with van der Waals surface area (Å²) in [4.78, 5) is 26.4. The van der Waals surface area contributed by atoms with Crippen molar-refractivity contribution in [3.63, 3.8) is 0 Å². The second-order valence-corrected chi connectivity index (χ2v) is 13.0. The Morgan fingerprint density at radius 3 is 2.51 bits per heavy atom. The number of rotatable bonds is 10. The van der Waals surface area contributed by atoms with Crippen molar-refractivity contribution < 1.29 is 14.3 Å². The Morgan fingerprint density at radius 1 is 1.19 bits per heavy atom. The highest BCUT2D eigenvalue weighted by Gasteiger charge is 2.48.